The van der Waals surface area contributed by atoms with Crippen molar-refractivity contribution < 1.29 is 4.79 Å². The van der Waals surface area contributed by atoms with Crippen LogP contribution in [0.5, 0.6) is 0 Å². The number of rotatable bonds is 5. The van der Waals surface area contributed by atoms with E-state index < -0.39 is 0 Å². The minimum Gasteiger partial charge on any atom is -0.341 e. The fourth-order valence-corrected chi connectivity index (χ4v) is 5.34. The second kappa shape index (κ2) is 8.67. The molecular weight excluding hydrogens is 414 g/mol. The zero-order valence-corrected chi connectivity index (χ0v) is 19.1. The number of para-hydroxylation sites is 1. The van der Waals surface area contributed by atoms with E-state index in [1.54, 1.807) is 4.90 Å². The van der Waals surface area contributed by atoms with Gasteiger partial charge in [-0.1, -0.05) is 54.6 Å². The van der Waals surface area contributed by atoms with Crippen molar-refractivity contribution in [2.24, 2.45) is 4.99 Å². The van der Waals surface area contributed by atoms with Gasteiger partial charge in [0.1, 0.15) is 0 Å². The molecule has 3 aromatic carbocycles. The lowest BCUT2D eigenvalue weighted by Gasteiger charge is -2.12. The van der Waals surface area contributed by atoms with Gasteiger partial charge in [0.25, 0.3) is 5.91 Å². The first-order valence-electron chi connectivity index (χ1n) is 11.0. The van der Waals surface area contributed by atoms with Gasteiger partial charge in [0.2, 0.25) is 0 Å². The highest BCUT2D eigenvalue weighted by Gasteiger charge is 2.32. The summed E-state index contributed by atoms with van der Waals surface area (Å²) in [7, 11) is 0. The highest BCUT2D eigenvalue weighted by Crippen LogP contribution is 2.34. The van der Waals surface area contributed by atoms with Crippen molar-refractivity contribution in [3.05, 3.63) is 88.8 Å². The first-order chi connectivity index (χ1) is 15.7. The minimum atomic E-state index is 0.0281. The molecule has 0 unspecified atom stereocenters. The zero-order valence-electron chi connectivity index (χ0n) is 18.3. The van der Waals surface area contributed by atoms with E-state index in [0.29, 0.717) is 13.1 Å². The maximum Gasteiger partial charge on any atom is 0.266 e. The minimum absolute atomic E-state index is 0.0281. The highest BCUT2D eigenvalue weighted by molar-refractivity contribution is 8.18. The molecule has 32 heavy (non-hydrogen) atoms. The average Bonchev–Trinajstić information content (AvgIpc) is 3.31. The molecule has 2 heterocycles. The Labute approximate surface area is 192 Å². The van der Waals surface area contributed by atoms with Crippen LogP contribution in [0.2, 0.25) is 0 Å². The number of thioether (sulfide) groups is 1. The molecular formula is C27H25N3OS. The van der Waals surface area contributed by atoms with Gasteiger partial charge in [0, 0.05) is 34.9 Å². The van der Waals surface area contributed by atoms with Crippen LogP contribution in [0, 0.1) is 0 Å². The Morgan fingerprint density at radius 3 is 2.41 bits per heavy atom. The number of aliphatic imine (C=N–C) groups is 1. The second-order valence-electron chi connectivity index (χ2n) is 7.78. The molecule has 4 nitrogen and oxygen atoms in total. The smallest absolute Gasteiger partial charge is 0.266 e. The van der Waals surface area contributed by atoms with Crippen molar-refractivity contribution in [1.82, 2.24) is 9.47 Å². The van der Waals surface area contributed by atoms with Crippen LogP contribution in [0.3, 0.4) is 0 Å². The predicted octanol–water partition coefficient (Wildman–Crippen LogP) is 6.31. The predicted molar refractivity (Wildman–Crippen MR) is 136 cm³/mol. The fraction of sp³-hybridized carbons (Fsp3) is 0.185. The summed E-state index contributed by atoms with van der Waals surface area (Å²) in [6, 6.07) is 25.1. The molecule has 1 aliphatic rings. The monoisotopic (exact) mass is 439 g/mol. The number of amides is 1. The van der Waals surface area contributed by atoms with Crippen molar-refractivity contribution >= 4 is 50.7 Å². The number of carbonyl (C=O) groups excluding carboxylic acids is 1. The Balaban J connectivity index is 1.50. The van der Waals surface area contributed by atoms with Gasteiger partial charge < -0.3 is 4.57 Å². The van der Waals surface area contributed by atoms with E-state index in [0.717, 1.165) is 27.7 Å². The summed E-state index contributed by atoms with van der Waals surface area (Å²) in [6.45, 7) is 6.27. The van der Waals surface area contributed by atoms with E-state index in [-0.39, 0.29) is 5.91 Å². The number of hydrogen-bond donors (Lipinski definition) is 0. The second-order valence-corrected chi connectivity index (χ2v) is 8.79. The molecule has 1 aromatic heterocycles. The van der Waals surface area contributed by atoms with Crippen LogP contribution in [0.1, 0.15) is 25.0 Å². The molecule has 0 aliphatic carbocycles. The molecule has 1 saturated heterocycles. The largest absolute Gasteiger partial charge is 0.341 e. The van der Waals surface area contributed by atoms with Gasteiger partial charge in [-0.15, -0.1) is 0 Å². The summed E-state index contributed by atoms with van der Waals surface area (Å²) < 4.78 is 2.34. The van der Waals surface area contributed by atoms with Gasteiger partial charge in [0.05, 0.1) is 11.4 Å². The van der Waals surface area contributed by atoms with Gasteiger partial charge in [-0.3, -0.25) is 14.7 Å². The lowest BCUT2D eigenvalue weighted by molar-refractivity contribution is -0.122. The Bertz CT molecular complexity index is 1370. The summed E-state index contributed by atoms with van der Waals surface area (Å²) in [4.78, 5) is 20.3. The van der Waals surface area contributed by atoms with Crippen molar-refractivity contribution in [2.75, 3.05) is 6.54 Å². The van der Waals surface area contributed by atoms with Gasteiger partial charge in [0.15, 0.2) is 5.17 Å². The molecule has 1 amide bonds. The van der Waals surface area contributed by atoms with E-state index in [1.807, 2.05) is 31.2 Å². The zero-order chi connectivity index (χ0) is 22.1. The topological polar surface area (TPSA) is 37.6 Å². The van der Waals surface area contributed by atoms with Crippen LogP contribution < -0.4 is 0 Å². The molecule has 0 radical (unpaired) electrons. The number of aryl methyl sites for hydroxylation is 1. The lowest BCUT2D eigenvalue weighted by Crippen LogP contribution is -2.28. The third-order valence-corrected chi connectivity index (χ3v) is 6.90. The summed E-state index contributed by atoms with van der Waals surface area (Å²) in [5, 5.41) is 3.24. The van der Waals surface area contributed by atoms with Crippen molar-refractivity contribution in [1.29, 1.82) is 0 Å². The van der Waals surface area contributed by atoms with E-state index in [4.69, 9.17) is 4.99 Å². The lowest BCUT2D eigenvalue weighted by atomic mass is 10.1. The molecule has 0 saturated carbocycles. The molecule has 160 valence electrons. The molecule has 0 bridgehead atoms. The molecule has 0 N–H and O–H groups in total. The summed E-state index contributed by atoms with van der Waals surface area (Å²) in [5.74, 6) is 0.0281. The van der Waals surface area contributed by atoms with Crippen molar-refractivity contribution in [2.45, 2.75) is 26.9 Å². The maximum absolute atomic E-state index is 13.0. The molecule has 1 fully saturated rings. The molecule has 0 spiro atoms. The van der Waals surface area contributed by atoms with Crippen LogP contribution in [0.15, 0.2) is 82.7 Å². The van der Waals surface area contributed by atoms with Gasteiger partial charge in [-0.25, -0.2) is 0 Å². The van der Waals surface area contributed by atoms with Crippen molar-refractivity contribution in [3.63, 3.8) is 0 Å². The third-order valence-electron chi connectivity index (χ3n) is 5.85. The summed E-state index contributed by atoms with van der Waals surface area (Å²) in [5.41, 5.74) is 4.64. The third kappa shape index (κ3) is 3.63. The molecule has 1 aliphatic heterocycles. The van der Waals surface area contributed by atoms with E-state index in [9.17, 15) is 4.79 Å². The first kappa shape index (κ1) is 20.6. The Kier molecular flexibility index (Phi) is 5.58. The van der Waals surface area contributed by atoms with Gasteiger partial charge in [-0.05, 0) is 61.0 Å². The number of amidine groups is 1. The first-order valence-corrected chi connectivity index (χ1v) is 11.8. The van der Waals surface area contributed by atoms with Crippen LogP contribution in [0.25, 0.3) is 27.9 Å². The summed E-state index contributed by atoms with van der Waals surface area (Å²) >= 11 is 1.47. The fourth-order valence-electron chi connectivity index (χ4n) is 4.30. The quantitative estimate of drug-likeness (QED) is 0.342. The number of carbonyl (C=O) groups is 1. The van der Waals surface area contributed by atoms with Crippen molar-refractivity contribution in [3.8, 4) is 0 Å². The molecule has 5 rings (SSSR count). The number of likely N-dealkylation sites (N-methyl/N-ethyl adjacent to an activating group) is 1. The van der Waals surface area contributed by atoms with Gasteiger partial charge >= 0.3 is 0 Å². The number of aromatic nitrogens is 1. The Morgan fingerprint density at radius 1 is 0.875 bits per heavy atom. The number of fused-ring (bicyclic) bond motifs is 3. The Hall–Kier alpha value is -3.31. The number of hydrogen-bond acceptors (Lipinski definition) is 3. The van der Waals surface area contributed by atoms with E-state index in [1.165, 1.54) is 33.6 Å². The normalized spacial score (nSPS) is 16.8. The number of nitrogens with zero attached hydrogens (tertiary/aromatic N) is 3. The summed E-state index contributed by atoms with van der Waals surface area (Å²) in [6.07, 6.45) is 2.00. The van der Waals surface area contributed by atoms with Crippen LogP contribution in [-0.4, -0.2) is 27.1 Å². The highest BCUT2D eigenvalue weighted by atomic mass is 32.2. The molecule has 4 aromatic rings. The van der Waals surface area contributed by atoms with Gasteiger partial charge in [-0.2, -0.15) is 0 Å². The average molecular weight is 440 g/mol. The number of benzene rings is 3. The van der Waals surface area contributed by atoms with E-state index >= 15 is 0 Å². The standard InChI is InChI=1S/C27H25N3OS/c1-3-29-23-13-9-8-12-21(23)22-16-20(14-15-24(22)29)17-25-26(31)30(4-2)27(32-25)28-18-19-10-6-5-7-11-19/h5-17H,3-4,18H2,1-2H3. The van der Waals surface area contributed by atoms with E-state index in [2.05, 4.69) is 66.1 Å². The molecule has 5 heteroatoms. The Morgan fingerprint density at radius 2 is 1.62 bits per heavy atom. The molecule has 0 atom stereocenters. The van der Waals surface area contributed by atoms with Crippen LogP contribution >= 0.6 is 11.8 Å². The maximum atomic E-state index is 13.0. The van der Waals surface area contributed by atoms with Crippen LogP contribution in [-0.2, 0) is 17.9 Å². The van der Waals surface area contributed by atoms with Crippen LogP contribution in [0.4, 0.5) is 0 Å². The SMILES string of the molecule is CCN1C(=O)C(=Cc2ccc3c(c2)c2ccccc2n3CC)SC1=NCc1ccccc1.